The number of amides is 2. The molecule has 196 valence electrons. The van der Waals surface area contributed by atoms with Crippen molar-refractivity contribution < 1.29 is 18.0 Å². The molecule has 3 aromatic rings. The van der Waals surface area contributed by atoms with Crippen LogP contribution in [0.5, 0.6) is 0 Å². The van der Waals surface area contributed by atoms with Gasteiger partial charge < -0.3 is 10.2 Å². The lowest BCUT2D eigenvalue weighted by Gasteiger charge is -2.32. The highest BCUT2D eigenvalue weighted by Crippen LogP contribution is 2.25. The fourth-order valence-electron chi connectivity index (χ4n) is 3.95. The van der Waals surface area contributed by atoms with Crippen LogP contribution in [-0.4, -0.2) is 44.3 Å². The van der Waals surface area contributed by atoms with Crippen molar-refractivity contribution in [3.8, 4) is 0 Å². The van der Waals surface area contributed by atoms with Crippen LogP contribution in [0.15, 0.2) is 83.8 Å². The van der Waals surface area contributed by atoms with Crippen molar-refractivity contribution in [3.05, 3.63) is 95.6 Å². The van der Waals surface area contributed by atoms with Crippen molar-refractivity contribution in [1.82, 2.24) is 10.2 Å². The maximum Gasteiger partial charge on any atom is 0.264 e. The van der Waals surface area contributed by atoms with Crippen LogP contribution in [-0.2, 0) is 26.2 Å². The summed E-state index contributed by atoms with van der Waals surface area (Å²) >= 11 is 0. The van der Waals surface area contributed by atoms with Crippen LogP contribution in [0.2, 0.25) is 0 Å². The molecule has 0 fully saturated rings. The Morgan fingerprint density at radius 1 is 0.892 bits per heavy atom. The largest absolute Gasteiger partial charge is 0.354 e. The normalized spacial score (nSPS) is 12.0. The molecule has 1 N–H and O–H groups in total. The first kappa shape index (κ1) is 27.9. The predicted molar refractivity (Wildman–Crippen MR) is 147 cm³/mol. The number of rotatable bonds is 11. The number of carbonyl (C=O) groups is 2. The summed E-state index contributed by atoms with van der Waals surface area (Å²) in [4.78, 5) is 28.2. The van der Waals surface area contributed by atoms with Crippen LogP contribution in [0.1, 0.15) is 37.0 Å². The molecule has 0 spiro atoms. The summed E-state index contributed by atoms with van der Waals surface area (Å²) in [5, 5.41) is 2.85. The molecule has 8 heteroatoms. The van der Waals surface area contributed by atoms with Crippen molar-refractivity contribution in [2.24, 2.45) is 0 Å². The van der Waals surface area contributed by atoms with Crippen LogP contribution < -0.4 is 9.62 Å². The third-order valence-electron chi connectivity index (χ3n) is 6.08. The molecule has 0 heterocycles. The number of hydrogen-bond acceptors (Lipinski definition) is 4. The molecular weight excluding hydrogens is 486 g/mol. The molecular formula is C29H35N3O4S. The van der Waals surface area contributed by atoms with E-state index in [1.807, 2.05) is 45.0 Å². The predicted octanol–water partition coefficient (Wildman–Crippen LogP) is 4.44. The van der Waals surface area contributed by atoms with E-state index in [2.05, 4.69) is 5.32 Å². The van der Waals surface area contributed by atoms with Crippen molar-refractivity contribution in [2.75, 3.05) is 17.4 Å². The van der Waals surface area contributed by atoms with E-state index < -0.39 is 28.5 Å². The lowest BCUT2D eigenvalue weighted by atomic mass is 10.1. The van der Waals surface area contributed by atoms with Gasteiger partial charge in [0.05, 0.1) is 10.6 Å². The molecule has 2 amide bonds. The van der Waals surface area contributed by atoms with E-state index in [1.54, 1.807) is 49.4 Å². The lowest BCUT2D eigenvalue weighted by molar-refractivity contribution is -0.139. The minimum Gasteiger partial charge on any atom is -0.354 e. The smallest absolute Gasteiger partial charge is 0.264 e. The van der Waals surface area contributed by atoms with Gasteiger partial charge in [-0.15, -0.1) is 0 Å². The molecule has 37 heavy (non-hydrogen) atoms. The van der Waals surface area contributed by atoms with Crippen molar-refractivity contribution in [1.29, 1.82) is 0 Å². The van der Waals surface area contributed by atoms with Gasteiger partial charge in [0, 0.05) is 13.1 Å². The highest BCUT2D eigenvalue weighted by molar-refractivity contribution is 7.92. The first-order chi connectivity index (χ1) is 17.6. The SMILES string of the molecule is CCCNC(=O)[C@@H](C)N(Cc1cccc(C)c1)C(=O)CN(c1ccc(C)cc1)S(=O)(=O)c1ccccc1. The Kier molecular flexibility index (Phi) is 9.47. The Labute approximate surface area is 220 Å². The van der Waals surface area contributed by atoms with Crippen LogP contribution in [0.4, 0.5) is 5.69 Å². The molecule has 0 unspecified atom stereocenters. The monoisotopic (exact) mass is 521 g/mol. The van der Waals surface area contributed by atoms with Gasteiger partial charge in [-0.2, -0.15) is 0 Å². The Morgan fingerprint density at radius 3 is 2.19 bits per heavy atom. The van der Waals surface area contributed by atoms with E-state index in [4.69, 9.17) is 0 Å². The number of hydrogen-bond donors (Lipinski definition) is 1. The molecule has 3 aromatic carbocycles. The standard InChI is InChI=1S/C29H35N3O4S/c1-5-18-30-29(34)24(4)31(20-25-11-9-10-23(3)19-25)28(33)21-32(26-16-14-22(2)15-17-26)37(35,36)27-12-7-6-8-13-27/h6-17,19,24H,5,18,20-21H2,1-4H3,(H,30,34)/t24-/m1/s1. The van der Waals surface area contributed by atoms with Gasteiger partial charge in [-0.3, -0.25) is 13.9 Å². The van der Waals surface area contributed by atoms with Crippen LogP contribution in [0, 0.1) is 13.8 Å². The highest BCUT2D eigenvalue weighted by atomic mass is 32.2. The number of sulfonamides is 1. The van der Waals surface area contributed by atoms with Crippen molar-refractivity contribution in [3.63, 3.8) is 0 Å². The minimum absolute atomic E-state index is 0.0855. The average Bonchev–Trinajstić information content (AvgIpc) is 2.89. The third-order valence-corrected chi connectivity index (χ3v) is 7.87. The Bertz CT molecular complexity index is 1310. The van der Waals surface area contributed by atoms with Gasteiger partial charge in [-0.1, -0.05) is 72.6 Å². The molecule has 0 aliphatic rings. The fraction of sp³-hybridized carbons (Fsp3) is 0.310. The van der Waals surface area contributed by atoms with Crippen LogP contribution in [0.3, 0.4) is 0 Å². The maximum absolute atomic E-state index is 13.8. The van der Waals surface area contributed by atoms with Crippen LogP contribution in [0.25, 0.3) is 0 Å². The van der Waals surface area contributed by atoms with Gasteiger partial charge in [0.1, 0.15) is 12.6 Å². The number of benzene rings is 3. The van der Waals surface area contributed by atoms with E-state index in [9.17, 15) is 18.0 Å². The first-order valence-electron chi connectivity index (χ1n) is 12.4. The second-order valence-corrected chi connectivity index (χ2v) is 11.0. The van der Waals surface area contributed by atoms with Gasteiger partial charge in [-0.05, 0) is 57.0 Å². The van der Waals surface area contributed by atoms with Gasteiger partial charge in [0.2, 0.25) is 11.8 Å². The maximum atomic E-state index is 13.8. The number of nitrogens with zero attached hydrogens (tertiary/aromatic N) is 2. The number of aryl methyl sites for hydroxylation is 2. The zero-order chi connectivity index (χ0) is 27.0. The summed E-state index contributed by atoms with van der Waals surface area (Å²) in [6, 6.07) is 21.9. The topological polar surface area (TPSA) is 86.8 Å². The minimum atomic E-state index is -4.05. The van der Waals surface area contributed by atoms with Gasteiger partial charge in [0.25, 0.3) is 10.0 Å². The molecule has 0 saturated carbocycles. The second kappa shape index (κ2) is 12.5. The molecule has 0 radical (unpaired) electrons. The molecule has 0 bridgehead atoms. The molecule has 0 aromatic heterocycles. The summed E-state index contributed by atoms with van der Waals surface area (Å²) in [7, 11) is -4.05. The summed E-state index contributed by atoms with van der Waals surface area (Å²) in [6.45, 7) is 7.71. The van der Waals surface area contributed by atoms with Crippen LogP contribution >= 0.6 is 0 Å². The number of anilines is 1. The zero-order valence-corrected chi connectivity index (χ0v) is 22.7. The Morgan fingerprint density at radius 2 is 1.57 bits per heavy atom. The quantitative estimate of drug-likeness (QED) is 0.404. The number of nitrogens with one attached hydrogen (secondary N) is 1. The highest BCUT2D eigenvalue weighted by Gasteiger charge is 2.32. The summed E-state index contributed by atoms with van der Waals surface area (Å²) in [5.74, 6) is -0.753. The summed E-state index contributed by atoms with van der Waals surface area (Å²) in [6.07, 6.45) is 0.765. The fourth-order valence-corrected chi connectivity index (χ4v) is 5.38. The molecule has 0 aliphatic heterocycles. The van der Waals surface area contributed by atoms with Gasteiger partial charge >= 0.3 is 0 Å². The summed E-state index contributed by atoms with van der Waals surface area (Å²) in [5.41, 5.74) is 3.23. The average molecular weight is 522 g/mol. The zero-order valence-electron chi connectivity index (χ0n) is 21.8. The van der Waals surface area contributed by atoms with E-state index in [1.165, 1.54) is 17.0 Å². The van der Waals surface area contributed by atoms with Gasteiger partial charge in [0.15, 0.2) is 0 Å². The lowest BCUT2D eigenvalue weighted by Crippen LogP contribution is -2.51. The molecule has 1 atom stereocenters. The van der Waals surface area contributed by atoms with Crippen molar-refractivity contribution >= 4 is 27.5 Å². The molecule has 7 nitrogen and oxygen atoms in total. The molecule has 0 saturated heterocycles. The Balaban J connectivity index is 2.00. The van der Waals surface area contributed by atoms with E-state index >= 15 is 0 Å². The van der Waals surface area contributed by atoms with E-state index in [-0.39, 0.29) is 17.3 Å². The van der Waals surface area contributed by atoms with E-state index in [0.29, 0.717) is 12.2 Å². The number of carbonyl (C=O) groups excluding carboxylic acids is 2. The molecule has 0 aliphatic carbocycles. The van der Waals surface area contributed by atoms with Crippen molar-refractivity contribution in [2.45, 2.75) is 51.6 Å². The third kappa shape index (κ3) is 7.20. The van der Waals surface area contributed by atoms with E-state index in [0.717, 1.165) is 27.4 Å². The Hall–Kier alpha value is -3.65. The molecule has 3 rings (SSSR count). The second-order valence-electron chi connectivity index (χ2n) is 9.14. The first-order valence-corrected chi connectivity index (χ1v) is 13.8. The summed E-state index contributed by atoms with van der Waals surface area (Å²) < 4.78 is 28.5. The van der Waals surface area contributed by atoms with Gasteiger partial charge in [-0.25, -0.2) is 8.42 Å².